The number of furan rings is 1. The quantitative estimate of drug-likeness (QED) is 0.179. The molecule has 0 aliphatic heterocycles. The van der Waals surface area contributed by atoms with Crippen LogP contribution < -0.4 is 0 Å². The number of aromatic nitrogens is 3. The van der Waals surface area contributed by atoms with Crippen LogP contribution in [0.5, 0.6) is 0 Å². The lowest BCUT2D eigenvalue weighted by atomic mass is 9.94. The standard InChI is InChI=1S/C49H29N3OS/c1-3-12-31(13-4-1)40-28-35(29-43-45(40)37-18-9-10-21-42(37)54-43)30-22-24-34(25-23-30)48-50-47(33-15-5-2-6-16-33)51-49(52-48)39-19-11-20-41-44(39)38-27-26-32-14-7-8-17-36(32)46(38)53-41/h1-29H. The highest BCUT2D eigenvalue weighted by Gasteiger charge is 2.19. The molecule has 3 aromatic heterocycles. The summed E-state index contributed by atoms with van der Waals surface area (Å²) in [6, 6.07) is 61.5. The molecule has 0 saturated heterocycles. The van der Waals surface area contributed by atoms with Crippen LogP contribution in [0.2, 0.25) is 0 Å². The lowest BCUT2D eigenvalue weighted by molar-refractivity contribution is 0.672. The summed E-state index contributed by atoms with van der Waals surface area (Å²) < 4.78 is 9.10. The highest BCUT2D eigenvalue weighted by Crippen LogP contribution is 2.43. The Bertz CT molecular complexity index is 3200. The van der Waals surface area contributed by atoms with Gasteiger partial charge in [-0.25, -0.2) is 15.0 Å². The number of hydrogen-bond acceptors (Lipinski definition) is 5. The molecule has 0 N–H and O–H groups in total. The van der Waals surface area contributed by atoms with E-state index in [0.717, 1.165) is 55.0 Å². The van der Waals surface area contributed by atoms with E-state index in [2.05, 4.69) is 133 Å². The van der Waals surface area contributed by atoms with E-state index in [0.29, 0.717) is 17.5 Å². The summed E-state index contributed by atoms with van der Waals surface area (Å²) in [6.45, 7) is 0. The number of rotatable bonds is 5. The van der Waals surface area contributed by atoms with Crippen LogP contribution in [0.15, 0.2) is 180 Å². The maximum atomic E-state index is 6.52. The van der Waals surface area contributed by atoms with Crippen molar-refractivity contribution in [1.29, 1.82) is 0 Å². The average Bonchev–Trinajstić information content (AvgIpc) is 3.83. The predicted octanol–water partition coefficient (Wildman–Crippen LogP) is 13.6. The van der Waals surface area contributed by atoms with Crippen molar-refractivity contribution in [1.82, 2.24) is 15.0 Å². The minimum absolute atomic E-state index is 0.604. The van der Waals surface area contributed by atoms with Crippen LogP contribution in [-0.2, 0) is 0 Å². The summed E-state index contributed by atoms with van der Waals surface area (Å²) in [5, 5.41) is 6.87. The first kappa shape index (κ1) is 30.7. The molecule has 0 amide bonds. The predicted molar refractivity (Wildman–Crippen MR) is 225 cm³/mol. The molecule has 252 valence electrons. The van der Waals surface area contributed by atoms with Gasteiger partial charge in [-0.05, 0) is 58.0 Å². The molecule has 0 aliphatic rings. The molecule has 0 spiro atoms. The Morgan fingerprint density at radius 1 is 0.370 bits per heavy atom. The molecule has 0 unspecified atom stereocenters. The molecular weight excluding hydrogens is 679 g/mol. The second-order valence-corrected chi connectivity index (χ2v) is 14.6. The summed E-state index contributed by atoms with van der Waals surface area (Å²) in [4.78, 5) is 15.3. The van der Waals surface area contributed by atoms with E-state index in [1.807, 2.05) is 53.8 Å². The largest absolute Gasteiger partial charge is 0.455 e. The molecule has 54 heavy (non-hydrogen) atoms. The van der Waals surface area contributed by atoms with Crippen LogP contribution in [0.4, 0.5) is 0 Å². The van der Waals surface area contributed by atoms with Crippen LogP contribution in [0.25, 0.3) is 109 Å². The number of nitrogens with zero attached hydrogens (tertiary/aromatic N) is 3. The van der Waals surface area contributed by atoms with Gasteiger partial charge >= 0.3 is 0 Å². The summed E-state index contributed by atoms with van der Waals surface area (Å²) in [7, 11) is 0. The topological polar surface area (TPSA) is 51.8 Å². The molecular formula is C49H29N3OS. The molecule has 3 heterocycles. The first-order valence-corrected chi connectivity index (χ1v) is 18.8. The van der Waals surface area contributed by atoms with E-state index in [-0.39, 0.29) is 0 Å². The molecule has 0 atom stereocenters. The third-order valence-electron chi connectivity index (χ3n) is 10.3. The highest BCUT2D eigenvalue weighted by atomic mass is 32.1. The van der Waals surface area contributed by atoms with Gasteiger partial charge in [0.15, 0.2) is 17.5 Å². The minimum atomic E-state index is 0.604. The number of thiophene rings is 1. The van der Waals surface area contributed by atoms with Crippen molar-refractivity contribution < 1.29 is 4.42 Å². The maximum Gasteiger partial charge on any atom is 0.164 e. The summed E-state index contributed by atoms with van der Waals surface area (Å²) in [5.41, 5.74) is 9.19. The molecule has 0 saturated carbocycles. The Kier molecular flexibility index (Phi) is 7.00. The second-order valence-electron chi connectivity index (χ2n) is 13.6. The van der Waals surface area contributed by atoms with Gasteiger partial charge in [0.25, 0.3) is 0 Å². The first-order valence-electron chi connectivity index (χ1n) is 18.0. The number of benzene rings is 8. The second kappa shape index (κ2) is 12.3. The molecule has 0 radical (unpaired) electrons. The van der Waals surface area contributed by atoms with Gasteiger partial charge in [-0.1, -0.05) is 146 Å². The van der Waals surface area contributed by atoms with Crippen molar-refractivity contribution in [2.24, 2.45) is 0 Å². The lowest BCUT2D eigenvalue weighted by Gasteiger charge is -2.11. The van der Waals surface area contributed by atoms with Gasteiger partial charge in [-0.2, -0.15) is 0 Å². The molecule has 4 nitrogen and oxygen atoms in total. The third kappa shape index (κ3) is 5.01. The molecule has 11 rings (SSSR count). The van der Waals surface area contributed by atoms with Gasteiger partial charge in [0, 0.05) is 53.0 Å². The van der Waals surface area contributed by atoms with Gasteiger partial charge in [0.1, 0.15) is 11.2 Å². The van der Waals surface area contributed by atoms with E-state index in [1.165, 1.54) is 36.9 Å². The van der Waals surface area contributed by atoms with Gasteiger partial charge in [-0.3, -0.25) is 0 Å². The number of fused-ring (bicyclic) bond motifs is 8. The SMILES string of the molecule is c1ccc(-c2nc(-c3ccc(-c4cc(-c5ccccc5)c5c(c4)sc4ccccc45)cc3)nc(-c3cccc4oc5c6ccccc6ccc5c34)n2)cc1. The molecule has 11 aromatic rings. The lowest BCUT2D eigenvalue weighted by Crippen LogP contribution is -2.00. The van der Waals surface area contributed by atoms with E-state index < -0.39 is 0 Å². The van der Waals surface area contributed by atoms with Crippen molar-refractivity contribution in [2.75, 3.05) is 0 Å². The van der Waals surface area contributed by atoms with Crippen LogP contribution in [-0.4, -0.2) is 15.0 Å². The van der Waals surface area contributed by atoms with Crippen LogP contribution in [0.1, 0.15) is 0 Å². The van der Waals surface area contributed by atoms with Crippen LogP contribution >= 0.6 is 11.3 Å². The highest BCUT2D eigenvalue weighted by molar-refractivity contribution is 7.26. The van der Waals surface area contributed by atoms with Crippen molar-refractivity contribution in [3.8, 4) is 56.4 Å². The van der Waals surface area contributed by atoms with E-state index >= 15 is 0 Å². The van der Waals surface area contributed by atoms with E-state index in [9.17, 15) is 0 Å². The molecule has 8 aromatic carbocycles. The van der Waals surface area contributed by atoms with Crippen molar-refractivity contribution in [3.63, 3.8) is 0 Å². The molecule has 5 heteroatoms. The van der Waals surface area contributed by atoms with Gasteiger partial charge in [-0.15, -0.1) is 11.3 Å². The fraction of sp³-hybridized carbons (Fsp3) is 0. The number of hydrogen-bond donors (Lipinski definition) is 0. The maximum absolute atomic E-state index is 6.52. The zero-order chi connectivity index (χ0) is 35.6. The molecule has 0 aliphatic carbocycles. The average molecular weight is 708 g/mol. The van der Waals surface area contributed by atoms with Crippen LogP contribution in [0, 0.1) is 0 Å². The summed E-state index contributed by atoms with van der Waals surface area (Å²) >= 11 is 1.85. The molecule has 0 bridgehead atoms. The first-order chi connectivity index (χ1) is 26.7. The monoisotopic (exact) mass is 707 g/mol. The third-order valence-corrected chi connectivity index (χ3v) is 11.5. The minimum Gasteiger partial charge on any atom is -0.455 e. The summed E-state index contributed by atoms with van der Waals surface area (Å²) in [6.07, 6.45) is 0. The van der Waals surface area contributed by atoms with Gasteiger partial charge in [0.2, 0.25) is 0 Å². The Labute approximate surface area is 314 Å². The zero-order valence-corrected chi connectivity index (χ0v) is 29.7. The van der Waals surface area contributed by atoms with Gasteiger partial charge in [0.05, 0.1) is 0 Å². The van der Waals surface area contributed by atoms with Crippen LogP contribution in [0.3, 0.4) is 0 Å². The van der Waals surface area contributed by atoms with Gasteiger partial charge < -0.3 is 4.42 Å². The Morgan fingerprint density at radius 3 is 1.81 bits per heavy atom. The smallest absolute Gasteiger partial charge is 0.164 e. The fourth-order valence-corrected chi connectivity index (χ4v) is 8.93. The fourth-order valence-electron chi connectivity index (χ4n) is 7.76. The Hall–Kier alpha value is -6.95. The van der Waals surface area contributed by atoms with E-state index in [4.69, 9.17) is 19.4 Å². The molecule has 0 fully saturated rings. The Morgan fingerprint density at radius 2 is 1.02 bits per heavy atom. The zero-order valence-electron chi connectivity index (χ0n) is 28.9. The van der Waals surface area contributed by atoms with E-state index in [1.54, 1.807) is 0 Å². The summed E-state index contributed by atoms with van der Waals surface area (Å²) in [5.74, 6) is 1.84. The van der Waals surface area contributed by atoms with Crippen molar-refractivity contribution in [2.45, 2.75) is 0 Å². The normalized spacial score (nSPS) is 11.7. The van der Waals surface area contributed by atoms with Crippen molar-refractivity contribution in [3.05, 3.63) is 176 Å². The van der Waals surface area contributed by atoms with Crippen molar-refractivity contribution >= 4 is 64.2 Å². The Balaban J connectivity index is 1.06.